The van der Waals surface area contributed by atoms with Gasteiger partial charge in [0.05, 0.1) is 11.4 Å². The van der Waals surface area contributed by atoms with Gasteiger partial charge < -0.3 is 4.98 Å². The minimum atomic E-state index is 0.876. The van der Waals surface area contributed by atoms with E-state index in [4.69, 9.17) is 4.99 Å². The number of fused-ring (bicyclic) bond motifs is 7. The van der Waals surface area contributed by atoms with E-state index >= 15 is 0 Å². The molecule has 0 radical (unpaired) electrons. The average Bonchev–Trinajstić information content (AvgIpc) is 3.32. The van der Waals surface area contributed by atoms with Crippen molar-refractivity contribution in [3.05, 3.63) is 89.1 Å². The summed E-state index contributed by atoms with van der Waals surface area (Å²) in [6.45, 7) is 4.33. The third kappa shape index (κ3) is 2.12. The fourth-order valence-corrected chi connectivity index (χ4v) is 4.64. The average molecular weight is 360 g/mol. The molecule has 2 heteroatoms. The first-order valence-corrected chi connectivity index (χ1v) is 9.79. The lowest BCUT2D eigenvalue weighted by Crippen LogP contribution is -1.99. The number of rotatable bonds is 1. The Morgan fingerprint density at radius 1 is 0.750 bits per heavy atom. The van der Waals surface area contributed by atoms with Crippen molar-refractivity contribution >= 4 is 43.8 Å². The molecule has 2 heterocycles. The van der Waals surface area contributed by atoms with Crippen molar-refractivity contribution in [3.8, 4) is 0 Å². The number of hydrogen-bond acceptors (Lipinski definition) is 1. The van der Waals surface area contributed by atoms with Crippen molar-refractivity contribution in [1.82, 2.24) is 4.98 Å². The molecule has 0 amide bonds. The Bertz CT molecular complexity index is 1450. The highest BCUT2D eigenvalue weighted by Crippen LogP contribution is 2.43. The number of aromatic nitrogens is 1. The van der Waals surface area contributed by atoms with Gasteiger partial charge in [-0.15, -0.1) is 0 Å². The van der Waals surface area contributed by atoms with Crippen molar-refractivity contribution < 1.29 is 0 Å². The number of H-pyrrole nitrogens is 1. The van der Waals surface area contributed by atoms with Crippen LogP contribution in [0.1, 0.15) is 22.3 Å². The molecule has 28 heavy (non-hydrogen) atoms. The predicted octanol–water partition coefficient (Wildman–Crippen LogP) is 6.77. The van der Waals surface area contributed by atoms with E-state index in [1.54, 1.807) is 0 Å². The van der Waals surface area contributed by atoms with Crippen LogP contribution in [-0.2, 0) is 6.42 Å². The van der Waals surface area contributed by atoms with Crippen LogP contribution in [0.2, 0.25) is 0 Å². The van der Waals surface area contributed by atoms with Crippen LogP contribution in [0.3, 0.4) is 0 Å². The molecule has 0 aliphatic carbocycles. The van der Waals surface area contributed by atoms with Crippen LogP contribution in [0, 0.1) is 13.8 Å². The van der Waals surface area contributed by atoms with Gasteiger partial charge in [0.25, 0.3) is 0 Å². The zero-order chi connectivity index (χ0) is 18.8. The molecule has 0 atom stereocenters. The highest BCUT2D eigenvalue weighted by molar-refractivity contribution is 6.22. The second-order valence-electron chi connectivity index (χ2n) is 7.91. The normalized spacial score (nSPS) is 13.4. The summed E-state index contributed by atoms with van der Waals surface area (Å²) in [6.07, 6.45) is 2.98. The van der Waals surface area contributed by atoms with Crippen LogP contribution in [-0.4, -0.2) is 10.7 Å². The molecule has 5 aromatic rings. The van der Waals surface area contributed by atoms with Gasteiger partial charge in [-0.05, 0) is 41.6 Å². The van der Waals surface area contributed by atoms with Gasteiger partial charge in [-0.2, -0.15) is 0 Å². The highest BCUT2D eigenvalue weighted by Gasteiger charge is 2.23. The van der Waals surface area contributed by atoms with E-state index in [1.165, 1.54) is 49.2 Å². The Morgan fingerprint density at radius 2 is 1.46 bits per heavy atom. The summed E-state index contributed by atoms with van der Waals surface area (Å²) in [6, 6.07) is 22.0. The van der Waals surface area contributed by atoms with Crippen LogP contribution < -0.4 is 0 Å². The van der Waals surface area contributed by atoms with Gasteiger partial charge in [-0.3, -0.25) is 4.99 Å². The molecular formula is C26H20N2. The van der Waals surface area contributed by atoms with E-state index in [9.17, 15) is 0 Å². The van der Waals surface area contributed by atoms with Gasteiger partial charge >= 0.3 is 0 Å². The largest absolute Gasteiger partial charge is 0.360 e. The monoisotopic (exact) mass is 360 g/mol. The Balaban J connectivity index is 1.67. The van der Waals surface area contributed by atoms with Crippen LogP contribution >= 0.6 is 0 Å². The van der Waals surface area contributed by atoms with Crippen LogP contribution in [0.25, 0.3) is 32.4 Å². The smallest absolute Gasteiger partial charge is 0.0754 e. The van der Waals surface area contributed by atoms with Crippen molar-refractivity contribution in [1.29, 1.82) is 0 Å². The highest BCUT2D eigenvalue weighted by atomic mass is 14.8. The fraction of sp³-hybridized carbons (Fsp3) is 0.115. The second kappa shape index (κ2) is 5.56. The van der Waals surface area contributed by atoms with Crippen LogP contribution in [0.4, 0.5) is 5.69 Å². The minimum Gasteiger partial charge on any atom is -0.360 e. The van der Waals surface area contributed by atoms with Gasteiger partial charge in [0.1, 0.15) is 0 Å². The van der Waals surface area contributed by atoms with Gasteiger partial charge in [0.15, 0.2) is 0 Å². The van der Waals surface area contributed by atoms with E-state index in [2.05, 4.69) is 85.7 Å². The van der Waals surface area contributed by atoms with E-state index in [0.717, 1.165) is 23.3 Å². The van der Waals surface area contributed by atoms with Crippen molar-refractivity contribution in [2.75, 3.05) is 0 Å². The molecular weight excluding hydrogens is 340 g/mol. The summed E-state index contributed by atoms with van der Waals surface area (Å²) in [7, 11) is 0. The molecule has 1 N–H and O–H groups in total. The van der Waals surface area contributed by atoms with E-state index in [-0.39, 0.29) is 0 Å². The van der Waals surface area contributed by atoms with Crippen LogP contribution in [0.5, 0.6) is 0 Å². The standard InChI is InChI=1S/C26H20N2/c1-15-7-9-17-20(11-15)21-12-16(2)8-10-19(21)26-22(17)13-25(28-26)23-14-27-24-6-4-3-5-18(23)24/h3-12,14,27H,13H2,1-2H3. The fourth-order valence-electron chi connectivity index (χ4n) is 4.64. The molecule has 6 rings (SSSR count). The van der Waals surface area contributed by atoms with Crippen molar-refractivity contribution in [2.45, 2.75) is 20.3 Å². The minimum absolute atomic E-state index is 0.876. The Labute approximate surface area is 163 Å². The molecule has 0 fully saturated rings. The number of hydrogen-bond donors (Lipinski definition) is 1. The molecule has 0 spiro atoms. The third-order valence-corrected chi connectivity index (χ3v) is 6.00. The van der Waals surface area contributed by atoms with Gasteiger partial charge in [0.2, 0.25) is 0 Å². The summed E-state index contributed by atoms with van der Waals surface area (Å²) in [5.74, 6) is 0. The molecule has 134 valence electrons. The molecule has 0 bridgehead atoms. The molecule has 1 aliphatic heterocycles. The first kappa shape index (κ1) is 15.6. The summed E-state index contributed by atoms with van der Waals surface area (Å²) in [5.41, 5.74) is 8.62. The first-order valence-electron chi connectivity index (χ1n) is 9.79. The number of para-hydroxylation sites is 1. The predicted molar refractivity (Wildman–Crippen MR) is 119 cm³/mol. The number of benzene rings is 4. The third-order valence-electron chi connectivity index (χ3n) is 6.00. The summed E-state index contributed by atoms with van der Waals surface area (Å²) in [5, 5.41) is 6.48. The quantitative estimate of drug-likeness (QED) is 0.320. The van der Waals surface area contributed by atoms with Gasteiger partial charge in [-0.1, -0.05) is 65.7 Å². The maximum atomic E-state index is 5.17. The number of nitrogens with one attached hydrogen (secondary N) is 1. The van der Waals surface area contributed by atoms with Crippen molar-refractivity contribution in [2.24, 2.45) is 4.99 Å². The Hall–Kier alpha value is -3.39. The van der Waals surface area contributed by atoms with Crippen LogP contribution in [0.15, 0.2) is 71.9 Å². The zero-order valence-electron chi connectivity index (χ0n) is 16.0. The SMILES string of the molecule is Cc1ccc2c3c(c4ccc(C)cc4c2c1)N=C(c1c[nH]c2ccccc12)C3. The number of aliphatic imine (C=N–C) groups is 1. The zero-order valence-corrected chi connectivity index (χ0v) is 16.0. The molecule has 0 unspecified atom stereocenters. The Morgan fingerprint density at radius 3 is 2.29 bits per heavy atom. The molecule has 0 saturated carbocycles. The summed E-state index contributed by atoms with van der Waals surface area (Å²) < 4.78 is 0. The second-order valence-corrected chi connectivity index (χ2v) is 7.91. The maximum absolute atomic E-state index is 5.17. The first-order chi connectivity index (χ1) is 13.7. The lowest BCUT2D eigenvalue weighted by Gasteiger charge is -2.12. The molecule has 1 aliphatic rings. The van der Waals surface area contributed by atoms with E-state index < -0.39 is 0 Å². The van der Waals surface area contributed by atoms with Gasteiger partial charge in [-0.25, -0.2) is 0 Å². The maximum Gasteiger partial charge on any atom is 0.0754 e. The van der Waals surface area contributed by atoms with E-state index in [0.29, 0.717) is 0 Å². The molecule has 4 aromatic carbocycles. The summed E-state index contributed by atoms with van der Waals surface area (Å²) >= 11 is 0. The number of aryl methyl sites for hydroxylation is 2. The number of aromatic amines is 1. The van der Waals surface area contributed by atoms with Crippen molar-refractivity contribution in [3.63, 3.8) is 0 Å². The number of nitrogens with zero attached hydrogens (tertiary/aromatic N) is 1. The topological polar surface area (TPSA) is 28.1 Å². The van der Waals surface area contributed by atoms with E-state index in [1.807, 2.05) is 0 Å². The lowest BCUT2D eigenvalue weighted by molar-refractivity contribution is 1.41. The molecule has 0 saturated heterocycles. The summed E-state index contributed by atoms with van der Waals surface area (Å²) in [4.78, 5) is 8.57. The van der Waals surface area contributed by atoms with Gasteiger partial charge in [0, 0.05) is 34.5 Å². The molecule has 2 nitrogen and oxygen atoms in total. The lowest BCUT2D eigenvalue weighted by atomic mass is 9.92. The molecule has 1 aromatic heterocycles. The Kier molecular flexibility index (Phi) is 3.10.